The number of benzene rings is 3. The Labute approximate surface area is 232 Å². The van der Waals surface area contributed by atoms with Gasteiger partial charge in [-0.15, -0.1) is 0 Å². The van der Waals surface area contributed by atoms with Crippen molar-refractivity contribution in [1.82, 2.24) is 14.8 Å². The summed E-state index contributed by atoms with van der Waals surface area (Å²) in [6.07, 6.45) is 0. The minimum Gasteiger partial charge on any atom is -0.377 e. The van der Waals surface area contributed by atoms with Crippen LogP contribution in [-0.2, 0) is 0 Å². The van der Waals surface area contributed by atoms with E-state index >= 15 is 0 Å². The number of nitrogens with one attached hydrogen (secondary N) is 2. The van der Waals surface area contributed by atoms with Gasteiger partial charge in [-0.25, -0.2) is 0 Å². The summed E-state index contributed by atoms with van der Waals surface area (Å²) in [6, 6.07) is 18.3. The number of aryl methyl sites for hydroxylation is 2. The molecular weight excluding hydrogens is 514 g/mol. The van der Waals surface area contributed by atoms with E-state index in [0.717, 1.165) is 28.2 Å². The van der Waals surface area contributed by atoms with Gasteiger partial charge >= 0.3 is 0 Å². The van der Waals surface area contributed by atoms with Crippen LogP contribution < -0.4 is 9.80 Å². The SMILES string of the molecule is Cc1ccc(C(=O)C(C(=O)c2ccc(C)c(N(C)C)c2)c2ccc(-n3c(=S)[nH][nH]c3=S)cc2)cc1N(C)C. The largest absolute Gasteiger partial charge is 0.377 e. The maximum atomic E-state index is 14.1. The summed E-state index contributed by atoms with van der Waals surface area (Å²) in [4.78, 5) is 32.0. The van der Waals surface area contributed by atoms with Crippen LogP contribution in [-0.4, -0.2) is 54.5 Å². The molecule has 0 saturated carbocycles. The Morgan fingerprint density at radius 2 is 1.13 bits per heavy atom. The fourth-order valence-corrected chi connectivity index (χ4v) is 5.16. The lowest BCUT2D eigenvalue weighted by Gasteiger charge is -2.21. The predicted octanol–water partition coefficient (Wildman–Crippen LogP) is 6.19. The number of aromatic amines is 2. The zero-order valence-electron chi connectivity index (χ0n) is 22.3. The molecule has 0 aliphatic carbocycles. The van der Waals surface area contributed by atoms with Crippen molar-refractivity contribution in [3.8, 4) is 5.69 Å². The van der Waals surface area contributed by atoms with Crippen molar-refractivity contribution in [2.75, 3.05) is 38.0 Å². The molecule has 0 spiro atoms. The van der Waals surface area contributed by atoms with E-state index in [1.54, 1.807) is 28.8 Å². The average Bonchev–Trinajstić information content (AvgIpc) is 3.22. The van der Waals surface area contributed by atoms with E-state index in [9.17, 15) is 9.59 Å². The Morgan fingerprint density at radius 1 is 0.711 bits per heavy atom. The molecule has 0 fully saturated rings. The molecule has 2 N–H and O–H groups in total. The Bertz CT molecular complexity index is 1530. The number of H-pyrrole nitrogens is 2. The first-order chi connectivity index (χ1) is 18.0. The van der Waals surface area contributed by atoms with Crippen molar-refractivity contribution < 1.29 is 9.59 Å². The quantitative estimate of drug-likeness (QED) is 0.156. The van der Waals surface area contributed by atoms with Gasteiger partial charge in [0.05, 0.1) is 5.69 Å². The molecule has 1 heterocycles. The second kappa shape index (κ2) is 10.9. The van der Waals surface area contributed by atoms with Crippen molar-refractivity contribution >= 4 is 47.4 Å². The second-order valence-corrected chi connectivity index (χ2v) is 10.5. The Kier molecular flexibility index (Phi) is 7.80. The Hall–Kier alpha value is -3.82. The molecule has 38 heavy (non-hydrogen) atoms. The van der Waals surface area contributed by atoms with E-state index in [1.165, 1.54) is 0 Å². The number of hydrogen-bond donors (Lipinski definition) is 2. The van der Waals surface area contributed by atoms with E-state index in [2.05, 4.69) is 10.2 Å². The molecule has 7 nitrogen and oxygen atoms in total. The first-order valence-corrected chi connectivity index (χ1v) is 13.0. The predicted molar refractivity (Wildman–Crippen MR) is 159 cm³/mol. The first-order valence-electron chi connectivity index (χ1n) is 12.1. The minimum atomic E-state index is -1.02. The summed E-state index contributed by atoms with van der Waals surface area (Å²) in [7, 11) is 7.74. The van der Waals surface area contributed by atoms with Crippen LogP contribution in [0, 0.1) is 23.4 Å². The molecule has 0 amide bonds. The van der Waals surface area contributed by atoms with Crippen LogP contribution in [0.15, 0.2) is 60.7 Å². The van der Waals surface area contributed by atoms with Crippen LogP contribution in [0.2, 0.25) is 0 Å². The number of rotatable bonds is 8. The molecule has 0 atom stereocenters. The normalized spacial score (nSPS) is 11.0. The van der Waals surface area contributed by atoms with Gasteiger partial charge in [-0.1, -0.05) is 36.4 Å². The molecule has 0 saturated heterocycles. The lowest BCUT2D eigenvalue weighted by Crippen LogP contribution is -2.24. The van der Waals surface area contributed by atoms with Crippen LogP contribution in [0.5, 0.6) is 0 Å². The van der Waals surface area contributed by atoms with Gasteiger partial charge in [0, 0.05) is 50.7 Å². The number of anilines is 2. The van der Waals surface area contributed by atoms with Crippen molar-refractivity contribution in [3.63, 3.8) is 0 Å². The molecule has 0 aliphatic rings. The summed E-state index contributed by atoms with van der Waals surface area (Å²) >= 11 is 10.7. The van der Waals surface area contributed by atoms with Gasteiger partial charge in [0.1, 0.15) is 5.92 Å². The highest BCUT2D eigenvalue weighted by atomic mass is 32.1. The molecule has 0 bridgehead atoms. The molecule has 4 rings (SSSR count). The van der Waals surface area contributed by atoms with Gasteiger partial charge in [0.2, 0.25) is 0 Å². The van der Waals surface area contributed by atoms with Crippen molar-refractivity contribution in [2.45, 2.75) is 19.8 Å². The summed E-state index contributed by atoms with van der Waals surface area (Å²) in [5.74, 6) is -1.53. The smallest absolute Gasteiger partial charge is 0.198 e. The molecule has 0 radical (unpaired) electrons. The summed E-state index contributed by atoms with van der Waals surface area (Å²) < 4.78 is 2.54. The zero-order chi connectivity index (χ0) is 27.7. The van der Waals surface area contributed by atoms with Crippen LogP contribution in [0.25, 0.3) is 5.69 Å². The number of ketones is 2. The monoisotopic (exact) mass is 545 g/mol. The number of Topliss-reactive ketones (excluding diaryl/α,β-unsaturated/α-hetero) is 2. The van der Waals surface area contributed by atoms with Gasteiger partial charge < -0.3 is 9.80 Å². The zero-order valence-corrected chi connectivity index (χ0v) is 24.0. The molecule has 196 valence electrons. The third kappa shape index (κ3) is 5.25. The number of nitrogens with zero attached hydrogens (tertiary/aromatic N) is 3. The van der Waals surface area contributed by atoms with E-state index in [4.69, 9.17) is 24.4 Å². The molecular formula is C29H31N5O2S2. The van der Waals surface area contributed by atoms with E-state index in [0.29, 0.717) is 26.2 Å². The topological polar surface area (TPSA) is 77.1 Å². The van der Waals surface area contributed by atoms with Crippen LogP contribution in [0.3, 0.4) is 0 Å². The standard InChI is InChI=1S/C29H31N5O2S2/c1-17-7-9-20(15-23(17)32(3)4)26(35)25(27(36)21-10-8-18(2)24(16-21)33(5)6)19-11-13-22(14-12-19)34-28(37)30-31-29(34)38/h7-16,25H,1-6H3,(H,30,37)(H,31,38). The van der Waals surface area contributed by atoms with Gasteiger partial charge in [0.15, 0.2) is 21.1 Å². The maximum Gasteiger partial charge on any atom is 0.198 e. The van der Waals surface area contributed by atoms with Gasteiger partial charge in [-0.2, -0.15) is 0 Å². The molecule has 3 aromatic carbocycles. The van der Waals surface area contributed by atoms with E-state index in [-0.39, 0.29) is 11.6 Å². The fraction of sp³-hybridized carbons (Fsp3) is 0.241. The molecule has 4 aromatic rings. The summed E-state index contributed by atoms with van der Waals surface area (Å²) in [6.45, 7) is 3.99. The third-order valence-corrected chi connectivity index (χ3v) is 7.21. The fourth-order valence-electron chi connectivity index (χ4n) is 4.61. The van der Waals surface area contributed by atoms with E-state index < -0.39 is 5.92 Å². The average molecular weight is 546 g/mol. The number of aromatic nitrogens is 3. The highest BCUT2D eigenvalue weighted by Gasteiger charge is 2.31. The van der Waals surface area contributed by atoms with E-state index in [1.807, 2.05) is 88.2 Å². The third-order valence-electron chi connectivity index (χ3n) is 6.64. The first kappa shape index (κ1) is 27.2. The number of carbonyl (C=O) groups is 2. The van der Waals surface area contributed by atoms with Crippen LogP contribution in [0.1, 0.15) is 43.3 Å². The highest BCUT2D eigenvalue weighted by molar-refractivity contribution is 7.72. The summed E-state index contributed by atoms with van der Waals surface area (Å²) in [5.41, 5.74) is 6.25. The van der Waals surface area contributed by atoms with Crippen LogP contribution >= 0.6 is 24.4 Å². The second-order valence-electron chi connectivity index (χ2n) is 9.74. The van der Waals surface area contributed by atoms with Gasteiger partial charge in [-0.3, -0.25) is 24.4 Å². The number of carbonyl (C=O) groups excluding carboxylic acids is 2. The molecule has 1 aromatic heterocycles. The maximum absolute atomic E-state index is 14.1. The lowest BCUT2D eigenvalue weighted by atomic mass is 9.83. The highest BCUT2D eigenvalue weighted by Crippen LogP contribution is 2.31. The van der Waals surface area contributed by atoms with Crippen molar-refractivity contribution in [2.24, 2.45) is 0 Å². The lowest BCUT2D eigenvalue weighted by molar-refractivity contribution is 0.0860. The number of hydrogen-bond acceptors (Lipinski definition) is 6. The molecule has 0 unspecified atom stereocenters. The Morgan fingerprint density at radius 3 is 1.53 bits per heavy atom. The van der Waals surface area contributed by atoms with Crippen LogP contribution in [0.4, 0.5) is 11.4 Å². The minimum absolute atomic E-state index is 0.256. The Balaban J connectivity index is 1.84. The van der Waals surface area contributed by atoms with Crippen molar-refractivity contribution in [1.29, 1.82) is 0 Å². The van der Waals surface area contributed by atoms with Crippen molar-refractivity contribution in [3.05, 3.63) is 98.0 Å². The summed E-state index contributed by atoms with van der Waals surface area (Å²) in [5, 5.41) is 5.64. The van der Waals surface area contributed by atoms with Gasteiger partial charge in [0.25, 0.3) is 0 Å². The molecule has 9 heteroatoms. The van der Waals surface area contributed by atoms with Gasteiger partial charge in [-0.05, 0) is 79.2 Å². The molecule has 0 aliphatic heterocycles.